The molecule has 4 nitrogen and oxygen atoms in total. The van der Waals surface area contributed by atoms with Gasteiger partial charge in [0.25, 0.3) is 0 Å². The van der Waals surface area contributed by atoms with E-state index in [-0.39, 0.29) is 29.9 Å². The summed E-state index contributed by atoms with van der Waals surface area (Å²) in [6.07, 6.45) is 0.624. The summed E-state index contributed by atoms with van der Waals surface area (Å²) >= 11 is 0. The van der Waals surface area contributed by atoms with Crippen molar-refractivity contribution in [1.82, 2.24) is 4.90 Å². The van der Waals surface area contributed by atoms with Crippen LogP contribution in [0.3, 0.4) is 0 Å². The molecule has 0 spiro atoms. The molecule has 0 aromatic heterocycles. The average Bonchev–Trinajstić information content (AvgIpc) is 3.29. The van der Waals surface area contributed by atoms with Gasteiger partial charge in [0.15, 0.2) is 6.10 Å². The first-order chi connectivity index (χ1) is 15.2. The molecule has 1 amide bonds. The van der Waals surface area contributed by atoms with Crippen molar-refractivity contribution in [2.75, 3.05) is 6.54 Å². The van der Waals surface area contributed by atoms with Crippen LogP contribution in [0.1, 0.15) is 46.2 Å². The number of hydrogen-bond donors (Lipinski definition) is 0. The Morgan fingerprint density at radius 2 is 1.61 bits per heavy atom. The number of aryl methyl sites for hydroxylation is 1. The summed E-state index contributed by atoms with van der Waals surface area (Å²) < 4.78 is 0. The molecule has 3 heterocycles. The topological polar surface area (TPSA) is 41.9 Å². The van der Waals surface area contributed by atoms with Gasteiger partial charge < -0.3 is 9.74 Å². The van der Waals surface area contributed by atoms with E-state index < -0.39 is 0 Å². The number of carbonyl (C=O) groups excluding carboxylic acids is 1. The average molecular weight is 409 g/mol. The maximum atomic E-state index is 13.6. The largest absolute Gasteiger partial charge is 0.388 e. The summed E-state index contributed by atoms with van der Waals surface area (Å²) in [5.41, 5.74) is 6.70. The molecule has 0 N–H and O–H groups in total. The van der Waals surface area contributed by atoms with Gasteiger partial charge in [-0.05, 0) is 30.0 Å². The summed E-state index contributed by atoms with van der Waals surface area (Å²) in [5, 5.41) is 4.41. The number of rotatable bonds is 2. The summed E-state index contributed by atoms with van der Waals surface area (Å²) in [6.45, 7) is 2.78. The standard InChI is InChI=1S/C27H24N2O2/c1-17-11-13-19(14-12-17)24-23-26(31-28-24)25-22-10-6-5-9-21(22)20(15-16-29(25)27(23)30)18-7-3-2-4-8-18/h2-14,20,23,25-26H,15-16H2,1H3/t20-,23+,25+,26-/m0/s1. The second kappa shape index (κ2) is 7.09. The molecule has 4 heteroatoms. The summed E-state index contributed by atoms with van der Waals surface area (Å²) in [4.78, 5) is 21.7. The van der Waals surface area contributed by atoms with E-state index in [1.54, 1.807) is 0 Å². The van der Waals surface area contributed by atoms with Gasteiger partial charge in [0, 0.05) is 18.0 Å². The zero-order valence-corrected chi connectivity index (χ0v) is 17.4. The molecule has 0 saturated carbocycles. The molecule has 3 aromatic rings. The van der Waals surface area contributed by atoms with Crippen LogP contribution >= 0.6 is 0 Å². The molecule has 3 aliphatic rings. The van der Waals surface area contributed by atoms with Gasteiger partial charge in [0.1, 0.15) is 11.6 Å². The molecule has 4 atom stereocenters. The van der Waals surface area contributed by atoms with E-state index in [1.807, 2.05) is 17.0 Å². The van der Waals surface area contributed by atoms with E-state index in [0.29, 0.717) is 0 Å². The first-order valence-corrected chi connectivity index (χ1v) is 11.0. The fraction of sp³-hybridized carbons (Fsp3) is 0.259. The van der Waals surface area contributed by atoms with Crippen LogP contribution in [0.25, 0.3) is 0 Å². The van der Waals surface area contributed by atoms with Gasteiger partial charge in [0.2, 0.25) is 5.91 Å². The number of benzene rings is 3. The van der Waals surface area contributed by atoms with Crippen molar-refractivity contribution >= 4 is 11.6 Å². The van der Waals surface area contributed by atoms with Crippen LogP contribution in [0.4, 0.5) is 0 Å². The van der Waals surface area contributed by atoms with Gasteiger partial charge in [0.05, 0.1) is 6.04 Å². The first kappa shape index (κ1) is 18.4. The Hall–Kier alpha value is -3.40. The van der Waals surface area contributed by atoms with Crippen molar-refractivity contribution < 1.29 is 9.63 Å². The molecule has 6 rings (SSSR count). The normalized spacial score (nSPS) is 26.4. The zero-order valence-electron chi connectivity index (χ0n) is 17.4. The third kappa shape index (κ3) is 2.82. The number of amides is 1. The van der Waals surface area contributed by atoms with Gasteiger partial charge in [-0.25, -0.2) is 0 Å². The van der Waals surface area contributed by atoms with Crippen molar-refractivity contribution in [3.63, 3.8) is 0 Å². The number of fused-ring (bicyclic) bond motifs is 5. The first-order valence-electron chi connectivity index (χ1n) is 11.0. The van der Waals surface area contributed by atoms with Gasteiger partial charge in [-0.15, -0.1) is 0 Å². The highest BCUT2D eigenvalue weighted by Gasteiger charge is 2.57. The lowest BCUT2D eigenvalue weighted by atomic mass is 9.83. The lowest BCUT2D eigenvalue weighted by Gasteiger charge is -2.25. The molecule has 0 radical (unpaired) electrons. The molecule has 31 heavy (non-hydrogen) atoms. The van der Waals surface area contributed by atoms with Crippen LogP contribution in [0.15, 0.2) is 84.0 Å². The molecule has 3 aliphatic heterocycles. The van der Waals surface area contributed by atoms with Crippen molar-refractivity contribution in [3.8, 4) is 0 Å². The van der Waals surface area contributed by atoms with Gasteiger partial charge in [-0.2, -0.15) is 0 Å². The molecule has 0 unspecified atom stereocenters. The van der Waals surface area contributed by atoms with Crippen LogP contribution < -0.4 is 0 Å². The minimum atomic E-state index is -0.339. The minimum Gasteiger partial charge on any atom is -0.388 e. The summed E-state index contributed by atoms with van der Waals surface area (Å²) in [7, 11) is 0. The number of hydrogen-bond acceptors (Lipinski definition) is 3. The lowest BCUT2D eigenvalue weighted by molar-refractivity contribution is -0.130. The summed E-state index contributed by atoms with van der Waals surface area (Å²) in [5.74, 6) is 0.0671. The third-order valence-electron chi connectivity index (χ3n) is 6.99. The molecular weight excluding hydrogens is 384 g/mol. The van der Waals surface area contributed by atoms with Gasteiger partial charge in [-0.1, -0.05) is 89.6 Å². The second-order valence-electron chi connectivity index (χ2n) is 8.75. The quantitative estimate of drug-likeness (QED) is 0.609. The Bertz CT molecular complexity index is 1170. The molecule has 0 bridgehead atoms. The fourth-order valence-electron chi connectivity index (χ4n) is 5.48. The molecule has 154 valence electrons. The fourth-order valence-corrected chi connectivity index (χ4v) is 5.48. The van der Waals surface area contributed by atoms with E-state index in [9.17, 15) is 4.79 Å². The third-order valence-corrected chi connectivity index (χ3v) is 6.99. The van der Waals surface area contributed by atoms with Crippen molar-refractivity contribution in [2.24, 2.45) is 11.1 Å². The lowest BCUT2D eigenvalue weighted by Crippen LogP contribution is -2.32. The van der Waals surface area contributed by atoms with Crippen LogP contribution in [0.5, 0.6) is 0 Å². The maximum Gasteiger partial charge on any atom is 0.236 e. The van der Waals surface area contributed by atoms with E-state index in [1.165, 1.54) is 22.3 Å². The number of nitrogens with zero attached hydrogens (tertiary/aromatic N) is 2. The van der Waals surface area contributed by atoms with E-state index >= 15 is 0 Å². The van der Waals surface area contributed by atoms with E-state index in [0.717, 1.165) is 24.2 Å². The maximum absolute atomic E-state index is 13.6. The predicted molar refractivity (Wildman–Crippen MR) is 120 cm³/mol. The van der Waals surface area contributed by atoms with Crippen molar-refractivity contribution in [1.29, 1.82) is 0 Å². The Kier molecular flexibility index (Phi) is 4.20. The Morgan fingerprint density at radius 3 is 2.39 bits per heavy atom. The second-order valence-corrected chi connectivity index (χ2v) is 8.75. The molecule has 1 saturated heterocycles. The SMILES string of the molecule is Cc1ccc(C2=NO[C@H]3[C@@H]2C(=O)N2CC[C@@H](c4ccccc4)c4ccccc4[C@H]32)cc1. The van der Waals surface area contributed by atoms with Crippen LogP contribution in [-0.4, -0.2) is 29.2 Å². The molecular formula is C27H24N2O2. The minimum absolute atomic E-state index is 0.103. The molecule has 0 aliphatic carbocycles. The highest BCUT2D eigenvalue weighted by atomic mass is 16.6. The van der Waals surface area contributed by atoms with E-state index in [2.05, 4.69) is 78.8 Å². The van der Waals surface area contributed by atoms with Crippen molar-refractivity contribution in [2.45, 2.75) is 31.4 Å². The monoisotopic (exact) mass is 408 g/mol. The molecule has 3 aromatic carbocycles. The highest BCUT2D eigenvalue weighted by molar-refractivity contribution is 6.15. The van der Waals surface area contributed by atoms with E-state index in [4.69, 9.17) is 4.84 Å². The Morgan fingerprint density at radius 1 is 0.903 bits per heavy atom. The number of carbonyl (C=O) groups is 1. The Labute approximate surface area is 182 Å². The smallest absolute Gasteiger partial charge is 0.236 e. The number of oxime groups is 1. The highest BCUT2D eigenvalue weighted by Crippen LogP contribution is 2.48. The zero-order chi connectivity index (χ0) is 20.9. The van der Waals surface area contributed by atoms with Gasteiger partial charge in [-0.3, -0.25) is 4.79 Å². The van der Waals surface area contributed by atoms with Crippen LogP contribution in [-0.2, 0) is 9.63 Å². The predicted octanol–water partition coefficient (Wildman–Crippen LogP) is 4.83. The van der Waals surface area contributed by atoms with Gasteiger partial charge >= 0.3 is 0 Å². The molecule has 1 fully saturated rings. The van der Waals surface area contributed by atoms with Crippen LogP contribution in [0.2, 0.25) is 0 Å². The van der Waals surface area contributed by atoms with Crippen molar-refractivity contribution in [3.05, 3.63) is 107 Å². The van der Waals surface area contributed by atoms with Crippen LogP contribution in [0, 0.1) is 12.8 Å². The summed E-state index contributed by atoms with van der Waals surface area (Å²) in [6, 6.07) is 27.2. The Balaban J connectivity index is 1.41.